The molecule has 166 valence electrons. The fourth-order valence-corrected chi connectivity index (χ4v) is 4.35. The highest BCUT2D eigenvalue weighted by molar-refractivity contribution is 7.12. The lowest BCUT2D eigenvalue weighted by Gasteiger charge is -2.07. The Bertz CT molecular complexity index is 1380. The first-order valence-electron chi connectivity index (χ1n) is 10.5. The van der Waals surface area contributed by atoms with Crippen molar-refractivity contribution in [1.82, 2.24) is 14.8 Å². The van der Waals surface area contributed by atoms with Crippen molar-refractivity contribution in [3.05, 3.63) is 77.3 Å². The van der Waals surface area contributed by atoms with Gasteiger partial charge in [0.05, 0.1) is 12.8 Å². The van der Waals surface area contributed by atoms with E-state index in [0.717, 1.165) is 33.7 Å². The van der Waals surface area contributed by atoms with Crippen LogP contribution in [0.1, 0.15) is 17.7 Å². The molecule has 0 aliphatic heterocycles. The molecule has 1 amide bonds. The number of para-hydroxylation sites is 1. The number of ether oxygens (including phenoxy) is 1. The normalized spacial score (nSPS) is 11.1. The van der Waals surface area contributed by atoms with Gasteiger partial charge in [0, 0.05) is 23.3 Å². The smallest absolute Gasteiger partial charge is 0.225 e. The fourth-order valence-electron chi connectivity index (χ4n) is 3.57. The van der Waals surface area contributed by atoms with E-state index in [4.69, 9.17) is 14.1 Å². The lowest BCUT2D eigenvalue weighted by atomic mass is 10.1. The summed E-state index contributed by atoms with van der Waals surface area (Å²) in [7, 11) is 1.63. The standard InChI is InChI=1S/C25H22N4O3S/c1-16-13-23(27-24(30)12-9-17-7-10-19(31-2)11-8-17)29(28-16)25-26-20(15-33-25)22-14-18-5-3-4-6-21(18)32-22/h3-8,10-11,13-15H,9,12H2,1-2H3,(H,27,30). The Kier molecular flexibility index (Phi) is 5.66. The minimum atomic E-state index is -0.0824. The zero-order valence-electron chi connectivity index (χ0n) is 18.2. The van der Waals surface area contributed by atoms with Gasteiger partial charge in [-0.25, -0.2) is 4.98 Å². The molecule has 1 N–H and O–H groups in total. The number of thiazole rings is 1. The summed E-state index contributed by atoms with van der Waals surface area (Å²) in [6.45, 7) is 1.89. The second kappa shape index (κ2) is 8.91. The van der Waals surface area contributed by atoms with Gasteiger partial charge in [-0.15, -0.1) is 11.3 Å². The van der Waals surface area contributed by atoms with Crippen LogP contribution < -0.4 is 10.1 Å². The number of aromatic nitrogens is 3. The highest BCUT2D eigenvalue weighted by atomic mass is 32.1. The molecular formula is C25H22N4O3S. The minimum absolute atomic E-state index is 0.0824. The molecule has 0 saturated heterocycles. The maximum Gasteiger partial charge on any atom is 0.225 e. The maximum atomic E-state index is 12.6. The van der Waals surface area contributed by atoms with E-state index < -0.39 is 0 Å². The number of aryl methyl sites for hydroxylation is 2. The summed E-state index contributed by atoms with van der Waals surface area (Å²) in [5, 5.41) is 11.1. The molecule has 0 atom stereocenters. The van der Waals surface area contributed by atoms with Crippen LogP contribution in [-0.2, 0) is 11.2 Å². The van der Waals surface area contributed by atoms with Crippen molar-refractivity contribution >= 4 is 34.0 Å². The quantitative estimate of drug-likeness (QED) is 0.342. The number of hydrogen-bond acceptors (Lipinski definition) is 6. The Morgan fingerprint density at radius 2 is 1.97 bits per heavy atom. The first-order valence-corrected chi connectivity index (χ1v) is 11.4. The Hall–Kier alpha value is -3.91. The number of anilines is 1. The van der Waals surface area contributed by atoms with Crippen LogP contribution in [0.2, 0.25) is 0 Å². The largest absolute Gasteiger partial charge is 0.497 e. The maximum absolute atomic E-state index is 12.6. The third kappa shape index (κ3) is 4.51. The number of carbonyl (C=O) groups excluding carboxylic acids is 1. The molecular weight excluding hydrogens is 436 g/mol. The minimum Gasteiger partial charge on any atom is -0.497 e. The Morgan fingerprint density at radius 1 is 1.15 bits per heavy atom. The predicted octanol–water partition coefficient (Wildman–Crippen LogP) is 5.63. The molecule has 3 aromatic heterocycles. The highest BCUT2D eigenvalue weighted by Crippen LogP contribution is 2.30. The van der Waals surface area contributed by atoms with E-state index >= 15 is 0 Å². The number of hydrogen-bond donors (Lipinski definition) is 1. The number of amides is 1. The Morgan fingerprint density at radius 3 is 2.76 bits per heavy atom. The molecule has 7 nitrogen and oxygen atoms in total. The zero-order valence-corrected chi connectivity index (χ0v) is 19.1. The van der Waals surface area contributed by atoms with E-state index in [1.807, 2.05) is 73.0 Å². The molecule has 0 aliphatic carbocycles. The summed E-state index contributed by atoms with van der Waals surface area (Å²) in [5.41, 5.74) is 3.42. The highest BCUT2D eigenvalue weighted by Gasteiger charge is 2.16. The molecule has 0 saturated carbocycles. The SMILES string of the molecule is COc1ccc(CCC(=O)Nc2cc(C)nn2-c2nc(-c3cc4ccccc4o3)cs2)cc1. The summed E-state index contributed by atoms with van der Waals surface area (Å²) >= 11 is 1.44. The summed E-state index contributed by atoms with van der Waals surface area (Å²) < 4.78 is 12.8. The van der Waals surface area contributed by atoms with Gasteiger partial charge >= 0.3 is 0 Å². The molecule has 3 heterocycles. The summed E-state index contributed by atoms with van der Waals surface area (Å²) in [4.78, 5) is 17.3. The number of nitrogens with one attached hydrogen (secondary N) is 1. The van der Waals surface area contributed by atoms with Crippen molar-refractivity contribution in [2.24, 2.45) is 0 Å². The monoisotopic (exact) mass is 458 g/mol. The van der Waals surface area contributed by atoms with Crippen molar-refractivity contribution in [2.75, 3.05) is 12.4 Å². The fraction of sp³-hybridized carbons (Fsp3) is 0.160. The van der Waals surface area contributed by atoms with E-state index in [1.165, 1.54) is 11.3 Å². The number of benzene rings is 2. The number of methoxy groups -OCH3 is 1. The van der Waals surface area contributed by atoms with Crippen LogP contribution in [0.5, 0.6) is 5.75 Å². The summed E-state index contributed by atoms with van der Waals surface area (Å²) in [6, 6.07) is 19.4. The van der Waals surface area contributed by atoms with Crippen molar-refractivity contribution in [3.8, 4) is 22.3 Å². The lowest BCUT2D eigenvalue weighted by molar-refractivity contribution is -0.116. The lowest BCUT2D eigenvalue weighted by Crippen LogP contribution is -2.15. The van der Waals surface area contributed by atoms with Crippen molar-refractivity contribution in [2.45, 2.75) is 19.8 Å². The first kappa shape index (κ1) is 21.0. The van der Waals surface area contributed by atoms with Crippen molar-refractivity contribution < 1.29 is 13.9 Å². The third-order valence-corrected chi connectivity index (χ3v) is 6.07. The van der Waals surface area contributed by atoms with Gasteiger partial charge in [-0.1, -0.05) is 30.3 Å². The van der Waals surface area contributed by atoms with Gasteiger partial charge in [0.2, 0.25) is 11.0 Å². The van der Waals surface area contributed by atoms with E-state index in [1.54, 1.807) is 11.8 Å². The van der Waals surface area contributed by atoms with Gasteiger partial charge in [0.25, 0.3) is 0 Å². The molecule has 0 radical (unpaired) electrons. The van der Waals surface area contributed by atoms with Crippen LogP contribution in [0.4, 0.5) is 5.82 Å². The molecule has 33 heavy (non-hydrogen) atoms. The van der Waals surface area contributed by atoms with Gasteiger partial charge in [-0.05, 0) is 43.2 Å². The molecule has 0 fully saturated rings. The average molecular weight is 459 g/mol. The average Bonchev–Trinajstić information content (AvgIpc) is 3.55. The zero-order chi connectivity index (χ0) is 22.8. The van der Waals surface area contributed by atoms with E-state index in [-0.39, 0.29) is 5.91 Å². The van der Waals surface area contributed by atoms with Gasteiger partial charge in [-0.2, -0.15) is 9.78 Å². The van der Waals surface area contributed by atoms with Crippen LogP contribution in [0.25, 0.3) is 27.6 Å². The number of rotatable bonds is 7. The number of carbonyl (C=O) groups is 1. The van der Waals surface area contributed by atoms with Crippen LogP contribution in [0.3, 0.4) is 0 Å². The van der Waals surface area contributed by atoms with E-state index in [2.05, 4.69) is 10.4 Å². The van der Waals surface area contributed by atoms with Crippen LogP contribution in [0, 0.1) is 6.92 Å². The van der Waals surface area contributed by atoms with Crippen LogP contribution >= 0.6 is 11.3 Å². The number of furan rings is 1. The molecule has 2 aromatic carbocycles. The van der Waals surface area contributed by atoms with Gasteiger partial charge in [-0.3, -0.25) is 4.79 Å². The summed E-state index contributed by atoms with van der Waals surface area (Å²) in [6.07, 6.45) is 0.995. The van der Waals surface area contributed by atoms with Crippen LogP contribution in [0.15, 0.2) is 70.5 Å². The van der Waals surface area contributed by atoms with Crippen molar-refractivity contribution in [1.29, 1.82) is 0 Å². The molecule has 5 aromatic rings. The number of fused-ring (bicyclic) bond motifs is 1. The van der Waals surface area contributed by atoms with Gasteiger partial charge in [0.15, 0.2) is 5.76 Å². The Labute approximate surface area is 194 Å². The molecule has 0 bridgehead atoms. The van der Waals surface area contributed by atoms with E-state index in [9.17, 15) is 4.79 Å². The molecule has 8 heteroatoms. The first-order chi connectivity index (χ1) is 16.1. The second-order valence-corrected chi connectivity index (χ2v) is 8.48. The molecule has 0 unspecified atom stereocenters. The number of nitrogens with zero attached hydrogens (tertiary/aromatic N) is 3. The van der Waals surface area contributed by atoms with Gasteiger partial charge in [0.1, 0.15) is 22.8 Å². The van der Waals surface area contributed by atoms with Gasteiger partial charge < -0.3 is 14.5 Å². The topological polar surface area (TPSA) is 82.2 Å². The molecule has 0 aliphatic rings. The van der Waals surface area contributed by atoms with Crippen LogP contribution in [-0.4, -0.2) is 27.8 Å². The van der Waals surface area contributed by atoms with E-state index in [0.29, 0.717) is 29.6 Å². The van der Waals surface area contributed by atoms with Crippen molar-refractivity contribution in [3.63, 3.8) is 0 Å². The predicted molar refractivity (Wildman–Crippen MR) is 129 cm³/mol. The molecule has 0 spiro atoms. The Balaban J connectivity index is 1.31. The molecule has 5 rings (SSSR count). The second-order valence-electron chi connectivity index (χ2n) is 7.64. The third-order valence-electron chi connectivity index (χ3n) is 5.25. The summed E-state index contributed by atoms with van der Waals surface area (Å²) in [5.74, 6) is 2.01.